The number of hydrogen-bond acceptors (Lipinski definition) is 5. The van der Waals surface area contributed by atoms with Crippen LogP contribution >= 0.6 is 11.3 Å². The minimum absolute atomic E-state index is 0.159. The molecule has 4 aromatic rings. The summed E-state index contributed by atoms with van der Waals surface area (Å²) in [6.45, 7) is 0.418. The maximum absolute atomic E-state index is 13.1. The van der Waals surface area contributed by atoms with E-state index in [1.165, 1.54) is 12.1 Å². The third-order valence-corrected chi connectivity index (χ3v) is 5.70. The summed E-state index contributed by atoms with van der Waals surface area (Å²) in [5.74, 6) is -1.29. The molecule has 0 unspecified atom stereocenters. The summed E-state index contributed by atoms with van der Waals surface area (Å²) in [6.07, 6.45) is -8.03. The van der Waals surface area contributed by atoms with E-state index in [0.29, 0.717) is 24.8 Å². The number of halogens is 6. The fourth-order valence-corrected chi connectivity index (χ4v) is 4.09. The fourth-order valence-electron chi connectivity index (χ4n) is 3.33. The highest BCUT2D eigenvalue weighted by Gasteiger charge is 2.35. The van der Waals surface area contributed by atoms with E-state index in [1.54, 1.807) is 23.6 Å². The quantitative estimate of drug-likeness (QED) is 0.215. The Morgan fingerprint density at radius 3 is 2.09 bits per heavy atom. The number of anilines is 1. The number of nitrogens with one attached hydrogen (secondary N) is 1. The molecular formula is C23H17F6N3OS. The van der Waals surface area contributed by atoms with Gasteiger partial charge in [0.05, 0.1) is 5.39 Å². The zero-order valence-corrected chi connectivity index (χ0v) is 18.2. The van der Waals surface area contributed by atoms with Gasteiger partial charge < -0.3 is 10.1 Å². The lowest BCUT2D eigenvalue weighted by molar-refractivity contribution is -0.274. The maximum Gasteiger partial charge on any atom is 0.573 e. The molecule has 0 saturated carbocycles. The molecule has 0 aliphatic carbocycles. The Morgan fingerprint density at radius 1 is 0.824 bits per heavy atom. The first kappa shape index (κ1) is 23.8. The molecular weight excluding hydrogens is 480 g/mol. The van der Waals surface area contributed by atoms with Crippen LogP contribution in [0.4, 0.5) is 32.2 Å². The predicted molar refractivity (Wildman–Crippen MR) is 118 cm³/mol. The maximum atomic E-state index is 13.1. The lowest BCUT2D eigenvalue weighted by Crippen LogP contribution is -2.16. The molecule has 0 amide bonds. The molecule has 0 saturated heterocycles. The Balaban J connectivity index is 1.34. The molecule has 4 rings (SSSR count). The highest BCUT2D eigenvalue weighted by Crippen LogP contribution is 2.32. The van der Waals surface area contributed by atoms with Crippen LogP contribution in [0.5, 0.6) is 5.75 Å². The standard InChI is InChI=1S/C23H17F6N3OS/c24-22(25,26)21-31-19(18-11-13-34-20(18)32-21)30-12-1-2-14-3-5-15(6-4-14)16-7-9-17(10-8-16)33-23(27,28)29/h3-11,13H,1-2,12H2,(H,30,31,32). The predicted octanol–water partition coefficient (Wildman–Crippen LogP) is 7.32. The van der Waals surface area contributed by atoms with Crippen molar-refractivity contribution in [2.24, 2.45) is 0 Å². The van der Waals surface area contributed by atoms with Gasteiger partial charge in [-0.2, -0.15) is 13.2 Å². The van der Waals surface area contributed by atoms with Crippen molar-refractivity contribution < 1.29 is 31.1 Å². The molecule has 2 aromatic carbocycles. The molecule has 0 radical (unpaired) electrons. The Bertz CT molecular complexity index is 1250. The summed E-state index contributed by atoms with van der Waals surface area (Å²) in [5.41, 5.74) is 2.59. The fraction of sp³-hybridized carbons (Fsp3) is 0.217. The number of aryl methyl sites for hydroxylation is 1. The lowest BCUT2D eigenvalue weighted by atomic mass is 10.0. The Morgan fingerprint density at radius 2 is 1.47 bits per heavy atom. The average molecular weight is 497 g/mol. The molecule has 0 aliphatic heterocycles. The van der Waals surface area contributed by atoms with E-state index in [-0.39, 0.29) is 16.4 Å². The summed E-state index contributed by atoms with van der Waals surface area (Å²) in [5, 5.41) is 5.20. The van der Waals surface area contributed by atoms with Gasteiger partial charge in [-0.15, -0.1) is 24.5 Å². The van der Waals surface area contributed by atoms with Crippen LogP contribution in [0.2, 0.25) is 0 Å². The van der Waals surface area contributed by atoms with Crippen LogP contribution in [-0.4, -0.2) is 22.9 Å². The summed E-state index contributed by atoms with van der Waals surface area (Å²) >= 11 is 1.12. The van der Waals surface area contributed by atoms with Crippen molar-refractivity contribution in [3.05, 3.63) is 71.4 Å². The van der Waals surface area contributed by atoms with E-state index < -0.39 is 18.4 Å². The molecule has 0 bridgehead atoms. The van der Waals surface area contributed by atoms with Crippen molar-refractivity contribution >= 4 is 27.4 Å². The molecule has 2 heterocycles. The first-order valence-electron chi connectivity index (χ1n) is 10.1. The number of benzene rings is 2. The molecule has 1 N–H and O–H groups in total. The summed E-state index contributed by atoms with van der Waals surface area (Å²) < 4.78 is 79.9. The molecule has 4 nitrogen and oxygen atoms in total. The van der Waals surface area contributed by atoms with Gasteiger partial charge in [-0.05, 0) is 53.1 Å². The van der Waals surface area contributed by atoms with Gasteiger partial charge in [-0.3, -0.25) is 0 Å². The van der Waals surface area contributed by atoms with Crippen molar-refractivity contribution in [2.75, 3.05) is 11.9 Å². The number of aromatic nitrogens is 2. The Kier molecular flexibility index (Phi) is 6.65. The van der Waals surface area contributed by atoms with Gasteiger partial charge in [-0.25, -0.2) is 9.97 Å². The van der Waals surface area contributed by atoms with Gasteiger partial charge >= 0.3 is 12.5 Å². The third kappa shape index (κ3) is 5.96. The number of thiophene rings is 1. The van der Waals surface area contributed by atoms with Crippen molar-refractivity contribution in [3.63, 3.8) is 0 Å². The molecule has 0 aliphatic rings. The van der Waals surface area contributed by atoms with E-state index >= 15 is 0 Å². The number of hydrogen-bond donors (Lipinski definition) is 1. The molecule has 0 spiro atoms. The third-order valence-electron chi connectivity index (χ3n) is 4.89. The monoisotopic (exact) mass is 497 g/mol. The second-order valence-corrected chi connectivity index (χ2v) is 8.23. The van der Waals surface area contributed by atoms with Crippen molar-refractivity contribution in [2.45, 2.75) is 25.4 Å². The van der Waals surface area contributed by atoms with Gasteiger partial charge in [0.15, 0.2) is 0 Å². The topological polar surface area (TPSA) is 47.0 Å². The largest absolute Gasteiger partial charge is 0.573 e. The highest BCUT2D eigenvalue weighted by atomic mass is 32.1. The summed E-state index contributed by atoms with van der Waals surface area (Å²) in [6, 6.07) is 14.8. The minimum atomic E-state index is -4.73. The average Bonchev–Trinajstić information content (AvgIpc) is 3.25. The first-order valence-corrected chi connectivity index (χ1v) is 11.0. The number of alkyl halides is 6. The second kappa shape index (κ2) is 9.49. The summed E-state index contributed by atoms with van der Waals surface area (Å²) in [4.78, 5) is 7.51. The van der Waals surface area contributed by atoms with Crippen LogP contribution in [0.15, 0.2) is 60.0 Å². The van der Waals surface area contributed by atoms with Crippen LogP contribution in [-0.2, 0) is 12.6 Å². The number of rotatable bonds is 7. The molecule has 0 fully saturated rings. The van der Waals surface area contributed by atoms with Gasteiger partial charge in [0.1, 0.15) is 16.4 Å². The van der Waals surface area contributed by atoms with Crippen molar-refractivity contribution in [3.8, 4) is 16.9 Å². The number of ether oxygens (including phenoxy) is 1. The van der Waals surface area contributed by atoms with E-state index in [9.17, 15) is 26.3 Å². The van der Waals surface area contributed by atoms with E-state index in [2.05, 4.69) is 20.0 Å². The Hall–Kier alpha value is -3.34. The van der Waals surface area contributed by atoms with Crippen LogP contribution in [0, 0.1) is 0 Å². The minimum Gasteiger partial charge on any atom is -0.406 e. The molecule has 11 heteroatoms. The van der Waals surface area contributed by atoms with E-state index in [1.807, 2.05) is 24.3 Å². The molecule has 2 aromatic heterocycles. The van der Waals surface area contributed by atoms with Crippen LogP contribution in [0.25, 0.3) is 21.3 Å². The van der Waals surface area contributed by atoms with Gasteiger partial charge in [0, 0.05) is 6.54 Å². The van der Waals surface area contributed by atoms with Crippen LogP contribution in [0.3, 0.4) is 0 Å². The van der Waals surface area contributed by atoms with Crippen molar-refractivity contribution in [1.82, 2.24) is 9.97 Å². The molecule has 178 valence electrons. The lowest BCUT2D eigenvalue weighted by Gasteiger charge is -2.11. The zero-order chi connectivity index (χ0) is 24.3. The summed E-state index contributed by atoms with van der Waals surface area (Å²) in [7, 11) is 0. The molecule has 34 heavy (non-hydrogen) atoms. The highest BCUT2D eigenvalue weighted by molar-refractivity contribution is 7.16. The van der Waals surface area contributed by atoms with E-state index in [0.717, 1.165) is 28.0 Å². The number of nitrogens with zero attached hydrogens (tertiary/aromatic N) is 2. The van der Waals surface area contributed by atoms with E-state index in [4.69, 9.17) is 0 Å². The second-order valence-electron chi connectivity index (χ2n) is 7.33. The van der Waals surface area contributed by atoms with Crippen LogP contribution < -0.4 is 10.1 Å². The first-order chi connectivity index (χ1) is 16.1. The number of fused-ring (bicyclic) bond motifs is 1. The smallest absolute Gasteiger partial charge is 0.406 e. The Labute approximate surface area is 194 Å². The van der Waals surface area contributed by atoms with Crippen LogP contribution in [0.1, 0.15) is 17.8 Å². The normalized spacial score (nSPS) is 12.2. The van der Waals surface area contributed by atoms with Crippen molar-refractivity contribution in [1.29, 1.82) is 0 Å². The zero-order valence-electron chi connectivity index (χ0n) is 17.4. The SMILES string of the molecule is FC(F)(F)Oc1ccc(-c2ccc(CCCNc3nc(C(F)(F)F)nc4sccc34)cc2)cc1. The van der Waals surface area contributed by atoms with Gasteiger partial charge in [-0.1, -0.05) is 36.4 Å². The molecule has 0 atom stereocenters. The van der Waals surface area contributed by atoms with Gasteiger partial charge in [0.2, 0.25) is 5.82 Å². The van der Waals surface area contributed by atoms with Gasteiger partial charge in [0.25, 0.3) is 0 Å².